The molecular formula is C12H11Cl2N3O2S. The minimum Gasteiger partial charge on any atom is -0.262 e. The van der Waals surface area contributed by atoms with Gasteiger partial charge in [0.1, 0.15) is 11.3 Å². The molecule has 106 valence electrons. The number of nitrogens with one attached hydrogen (secondary N) is 1. The topological polar surface area (TPSA) is 72.0 Å². The average molecular weight is 332 g/mol. The van der Waals surface area contributed by atoms with Gasteiger partial charge in [0, 0.05) is 0 Å². The molecule has 1 aromatic carbocycles. The highest BCUT2D eigenvalue weighted by molar-refractivity contribution is 7.92. The second-order valence-electron chi connectivity index (χ2n) is 4.26. The van der Waals surface area contributed by atoms with Crippen LogP contribution in [0.5, 0.6) is 0 Å². The number of halogens is 2. The molecule has 0 aliphatic rings. The zero-order valence-electron chi connectivity index (χ0n) is 10.7. The molecule has 8 heteroatoms. The summed E-state index contributed by atoms with van der Waals surface area (Å²) in [7, 11) is -3.78. The first-order valence-electron chi connectivity index (χ1n) is 5.57. The van der Waals surface area contributed by atoms with Crippen molar-refractivity contribution in [3.05, 3.63) is 45.8 Å². The molecule has 1 aromatic heterocycles. The van der Waals surface area contributed by atoms with E-state index in [1.165, 1.54) is 0 Å². The lowest BCUT2D eigenvalue weighted by atomic mass is 10.2. The first-order valence-corrected chi connectivity index (χ1v) is 7.80. The molecule has 0 spiro atoms. The summed E-state index contributed by atoms with van der Waals surface area (Å²) in [6, 6.07) is 5.01. The van der Waals surface area contributed by atoms with E-state index in [9.17, 15) is 8.42 Å². The Hall–Kier alpha value is -1.37. The van der Waals surface area contributed by atoms with Gasteiger partial charge >= 0.3 is 0 Å². The Labute approximate surface area is 127 Å². The molecule has 0 atom stereocenters. The SMILES string of the molecule is Cc1cc(C)cc(S(=O)(=O)Nc2ncnc(Cl)c2Cl)c1. The maximum Gasteiger partial charge on any atom is 0.263 e. The molecular weight excluding hydrogens is 321 g/mol. The average Bonchev–Trinajstić information content (AvgIpc) is 2.33. The van der Waals surface area contributed by atoms with Crippen molar-refractivity contribution >= 4 is 39.0 Å². The molecule has 0 amide bonds. The van der Waals surface area contributed by atoms with Crippen LogP contribution in [-0.2, 0) is 10.0 Å². The summed E-state index contributed by atoms with van der Waals surface area (Å²) >= 11 is 11.6. The second-order valence-corrected chi connectivity index (χ2v) is 6.67. The smallest absolute Gasteiger partial charge is 0.262 e. The number of nitrogens with zero attached hydrogens (tertiary/aromatic N) is 2. The number of sulfonamides is 1. The maximum atomic E-state index is 12.3. The highest BCUT2D eigenvalue weighted by Gasteiger charge is 2.18. The lowest BCUT2D eigenvalue weighted by Crippen LogP contribution is -2.15. The van der Waals surface area contributed by atoms with Gasteiger partial charge in [-0.1, -0.05) is 29.3 Å². The van der Waals surface area contributed by atoms with Crippen LogP contribution in [0.4, 0.5) is 5.82 Å². The maximum absolute atomic E-state index is 12.3. The Kier molecular flexibility index (Phi) is 4.17. The van der Waals surface area contributed by atoms with Gasteiger partial charge in [-0.2, -0.15) is 0 Å². The first kappa shape index (κ1) is 15.0. The summed E-state index contributed by atoms with van der Waals surface area (Å²) in [5, 5.41) is -0.0538. The minimum atomic E-state index is -3.78. The Morgan fingerprint density at radius 3 is 2.25 bits per heavy atom. The second kappa shape index (κ2) is 5.55. The highest BCUT2D eigenvalue weighted by atomic mass is 35.5. The molecule has 2 rings (SSSR count). The van der Waals surface area contributed by atoms with E-state index in [0.717, 1.165) is 17.5 Å². The van der Waals surface area contributed by atoms with Crippen molar-refractivity contribution in [1.29, 1.82) is 0 Å². The summed E-state index contributed by atoms with van der Waals surface area (Å²) in [6.45, 7) is 3.64. The van der Waals surface area contributed by atoms with E-state index >= 15 is 0 Å². The summed E-state index contributed by atoms with van der Waals surface area (Å²) in [5.41, 5.74) is 1.69. The molecule has 0 aliphatic heterocycles. The predicted molar refractivity (Wildman–Crippen MR) is 78.8 cm³/mol. The molecule has 0 aliphatic carbocycles. The number of rotatable bonds is 3. The number of aromatic nitrogens is 2. The largest absolute Gasteiger partial charge is 0.263 e. The van der Waals surface area contributed by atoms with Crippen molar-refractivity contribution < 1.29 is 8.42 Å². The molecule has 20 heavy (non-hydrogen) atoms. The lowest BCUT2D eigenvalue weighted by molar-refractivity contribution is 0.601. The lowest BCUT2D eigenvalue weighted by Gasteiger charge is -2.10. The molecule has 0 saturated heterocycles. The fourth-order valence-corrected chi connectivity index (χ4v) is 3.24. The minimum absolute atomic E-state index is 0.0141. The van der Waals surface area contributed by atoms with E-state index < -0.39 is 10.0 Å². The molecule has 5 nitrogen and oxygen atoms in total. The summed E-state index contributed by atoms with van der Waals surface area (Å²) in [6.07, 6.45) is 1.13. The van der Waals surface area contributed by atoms with E-state index in [2.05, 4.69) is 14.7 Å². The number of aryl methyl sites for hydroxylation is 2. The fourth-order valence-electron chi connectivity index (χ4n) is 1.69. The Morgan fingerprint density at radius 1 is 1.05 bits per heavy atom. The van der Waals surface area contributed by atoms with Crippen LogP contribution >= 0.6 is 23.2 Å². The van der Waals surface area contributed by atoms with Crippen molar-refractivity contribution in [2.75, 3.05) is 4.72 Å². The molecule has 2 aromatic rings. The third kappa shape index (κ3) is 3.20. The highest BCUT2D eigenvalue weighted by Crippen LogP contribution is 2.27. The van der Waals surface area contributed by atoms with Crippen molar-refractivity contribution in [2.45, 2.75) is 18.7 Å². The van der Waals surface area contributed by atoms with Gasteiger partial charge in [0.15, 0.2) is 11.0 Å². The summed E-state index contributed by atoms with van der Waals surface area (Å²) in [5.74, 6) is -0.0502. The third-order valence-electron chi connectivity index (χ3n) is 2.48. The number of benzene rings is 1. The van der Waals surface area contributed by atoms with Crippen molar-refractivity contribution in [2.24, 2.45) is 0 Å². The normalized spacial score (nSPS) is 11.4. The van der Waals surface area contributed by atoms with Gasteiger partial charge in [-0.3, -0.25) is 4.72 Å². The summed E-state index contributed by atoms with van der Waals surface area (Å²) in [4.78, 5) is 7.57. The van der Waals surface area contributed by atoms with Gasteiger partial charge in [0.2, 0.25) is 0 Å². The monoisotopic (exact) mass is 331 g/mol. The van der Waals surface area contributed by atoms with E-state index in [0.29, 0.717) is 0 Å². The zero-order chi connectivity index (χ0) is 14.9. The Morgan fingerprint density at radius 2 is 1.65 bits per heavy atom. The number of hydrogen-bond donors (Lipinski definition) is 1. The van der Waals surface area contributed by atoms with Gasteiger partial charge in [0.05, 0.1) is 4.90 Å². The molecule has 0 radical (unpaired) electrons. The van der Waals surface area contributed by atoms with Crippen LogP contribution in [0.3, 0.4) is 0 Å². The fraction of sp³-hybridized carbons (Fsp3) is 0.167. The van der Waals surface area contributed by atoms with Gasteiger partial charge in [0.25, 0.3) is 10.0 Å². The van der Waals surface area contributed by atoms with Gasteiger partial charge in [-0.15, -0.1) is 0 Å². The zero-order valence-corrected chi connectivity index (χ0v) is 13.0. The van der Waals surface area contributed by atoms with Crippen LogP contribution < -0.4 is 4.72 Å². The molecule has 0 fully saturated rings. The number of hydrogen-bond acceptors (Lipinski definition) is 4. The van der Waals surface area contributed by atoms with E-state index in [4.69, 9.17) is 23.2 Å². The van der Waals surface area contributed by atoms with Gasteiger partial charge in [-0.25, -0.2) is 18.4 Å². The van der Waals surface area contributed by atoms with Crippen LogP contribution in [0.2, 0.25) is 10.2 Å². The van der Waals surface area contributed by atoms with E-state index in [-0.39, 0.29) is 20.9 Å². The summed E-state index contributed by atoms with van der Waals surface area (Å²) < 4.78 is 26.9. The van der Waals surface area contributed by atoms with Crippen LogP contribution in [0.1, 0.15) is 11.1 Å². The van der Waals surface area contributed by atoms with Gasteiger partial charge < -0.3 is 0 Å². The van der Waals surface area contributed by atoms with E-state index in [1.54, 1.807) is 12.1 Å². The van der Waals surface area contributed by atoms with Crippen LogP contribution in [0, 0.1) is 13.8 Å². The quantitative estimate of drug-likeness (QED) is 0.876. The third-order valence-corrected chi connectivity index (χ3v) is 4.54. The molecule has 0 saturated carbocycles. The van der Waals surface area contributed by atoms with Crippen LogP contribution in [0.15, 0.2) is 29.4 Å². The predicted octanol–water partition coefficient (Wildman–Crippen LogP) is 3.20. The molecule has 0 bridgehead atoms. The van der Waals surface area contributed by atoms with Gasteiger partial charge in [-0.05, 0) is 37.1 Å². The molecule has 1 N–H and O–H groups in total. The van der Waals surface area contributed by atoms with E-state index in [1.807, 2.05) is 19.9 Å². The Balaban J connectivity index is 2.43. The van der Waals surface area contributed by atoms with Crippen molar-refractivity contribution in [3.8, 4) is 0 Å². The van der Waals surface area contributed by atoms with Crippen molar-refractivity contribution in [1.82, 2.24) is 9.97 Å². The Bertz CT molecular complexity index is 743. The first-order chi connectivity index (χ1) is 9.29. The molecule has 0 unspecified atom stereocenters. The van der Waals surface area contributed by atoms with Crippen LogP contribution in [-0.4, -0.2) is 18.4 Å². The van der Waals surface area contributed by atoms with Crippen LogP contribution in [0.25, 0.3) is 0 Å². The van der Waals surface area contributed by atoms with Crippen molar-refractivity contribution in [3.63, 3.8) is 0 Å². The standard InChI is InChI=1S/C12H11Cl2N3O2S/c1-7-3-8(2)5-9(4-7)20(18,19)17-12-10(13)11(14)15-6-16-12/h3-6H,1-2H3,(H,15,16,17). The molecule has 1 heterocycles. The number of anilines is 1.